The first-order valence-corrected chi connectivity index (χ1v) is 9.63. The Kier molecular flexibility index (Phi) is 6.84. The number of ether oxygens (including phenoxy) is 1. The first-order valence-electron chi connectivity index (χ1n) is 9.63. The van der Waals surface area contributed by atoms with Crippen molar-refractivity contribution in [2.75, 3.05) is 13.7 Å². The predicted molar refractivity (Wildman–Crippen MR) is 114 cm³/mol. The molecule has 0 bridgehead atoms. The number of aliphatic imine (C=N–C) groups is 1. The molecule has 0 aliphatic heterocycles. The van der Waals surface area contributed by atoms with Crippen LogP contribution in [0.5, 0.6) is 5.75 Å². The van der Waals surface area contributed by atoms with E-state index in [1.807, 2.05) is 57.3 Å². The average molecular weight is 393 g/mol. The fraction of sp³-hybridized carbons (Fsp3) is 0.318. The third-order valence-electron chi connectivity index (χ3n) is 4.49. The van der Waals surface area contributed by atoms with E-state index in [0.29, 0.717) is 24.9 Å². The summed E-state index contributed by atoms with van der Waals surface area (Å²) in [6, 6.07) is 9.82. The molecule has 0 atom stereocenters. The number of methoxy groups -OCH3 is 1. The number of nitrogens with zero attached hydrogens (tertiary/aromatic N) is 3. The quantitative estimate of drug-likeness (QED) is 0.471. The van der Waals surface area contributed by atoms with E-state index < -0.39 is 0 Å². The zero-order valence-electron chi connectivity index (χ0n) is 17.3. The maximum Gasteiger partial charge on any atom is 0.226 e. The Morgan fingerprint density at radius 2 is 1.97 bits per heavy atom. The Balaban J connectivity index is 1.67. The number of pyridine rings is 1. The molecule has 29 heavy (non-hydrogen) atoms. The molecule has 2 aromatic heterocycles. The number of hydrogen-bond acceptors (Lipinski definition) is 5. The van der Waals surface area contributed by atoms with Crippen LogP contribution in [-0.4, -0.2) is 29.6 Å². The molecule has 152 valence electrons. The van der Waals surface area contributed by atoms with Crippen molar-refractivity contribution >= 4 is 5.96 Å². The molecule has 0 saturated heterocycles. The SMILES string of the molecule is CCNC(=NCc1coc(-c2ccccc2)n1)NCc1ncc(C)c(OC)c1C. The van der Waals surface area contributed by atoms with E-state index in [4.69, 9.17) is 9.15 Å². The Hall–Kier alpha value is -3.35. The highest BCUT2D eigenvalue weighted by atomic mass is 16.5. The molecule has 3 rings (SSSR count). The van der Waals surface area contributed by atoms with Crippen molar-refractivity contribution in [3.8, 4) is 17.2 Å². The van der Waals surface area contributed by atoms with E-state index in [1.54, 1.807) is 13.4 Å². The molecule has 0 unspecified atom stereocenters. The lowest BCUT2D eigenvalue weighted by Gasteiger charge is -2.14. The van der Waals surface area contributed by atoms with Crippen LogP contribution in [0.2, 0.25) is 0 Å². The molecule has 2 heterocycles. The molecular formula is C22H27N5O2. The minimum absolute atomic E-state index is 0.412. The van der Waals surface area contributed by atoms with Gasteiger partial charge in [0.25, 0.3) is 0 Å². The van der Waals surface area contributed by atoms with Crippen molar-refractivity contribution in [2.24, 2.45) is 4.99 Å². The summed E-state index contributed by atoms with van der Waals surface area (Å²) in [6.45, 7) is 7.74. The van der Waals surface area contributed by atoms with Crippen LogP contribution in [0.25, 0.3) is 11.5 Å². The van der Waals surface area contributed by atoms with E-state index in [2.05, 4.69) is 25.6 Å². The highest BCUT2D eigenvalue weighted by molar-refractivity contribution is 5.79. The van der Waals surface area contributed by atoms with Crippen molar-refractivity contribution in [3.63, 3.8) is 0 Å². The Morgan fingerprint density at radius 3 is 2.69 bits per heavy atom. The van der Waals surface area contributed by atoms with Crippen molar-refractivity contribution in [3.05, 3.63) is 65.3 Å². The van der Waals surface area contributed by atoms with Crippen LogP contribution in [0.15, 0.2) is 52.2 Å². The minimum Gasteiger partial charge on any atom is -0.496 e. The fourth-order valence-corrected chi connectivity index (χ4v) is 3.01. The Labute approximate surface area is 171 Å². The highest BCUT2D eigenvalue weighted by Gasteiger charge is 2.10. The van der Waals surface area contributed by atoms with Crippen LogP contribution in [0, 0.1) is 13.8 Å². The first kappa shape index (κ1) is 20.4. The van der Waals surface area contributed by atoms with Crippen molar-refractivity contribution in [1.82, 2.24) is 20.6 Å². The third-order valence-corrected chi connectivity index (χ3v) is 4.49. The van der Waals surface area contributed by atoms with Crippen LogP contribution in [0.4, 0.5) is 0 Å². The molecular weight excluding hydrogens is 366 g/mol. The summed E-state index contributed by atoms with van der Waals surface area (Å²) in [5.41, 5.74) is 4.69. The van der Waals surface area contributed by atoms with Gasteiger partial charge >= 0.3 is 0 Å². The number of nitrogens with one attached hydrogen (secondary N) is 2. The van der Waals surface area contributed by atoms with Gasteiger partial charge in [-0.15, -0.1) is 0 Å². The molecule has 0 amide bonds. The van der Waals surface area contributed by atoms with Gasteiger partial charge in [-0.3, -0.25) is 4.98 Å². The molecule has 0 saturated carbocycles. The molecule has 7 nitrogen and oxygen atoms in total. The number of benzene rings is 1. The molecule has 0 aliphatic rings. The lowest BCUT2D eigenvalue weighted by Crippen LogP contribution is -2.37. The van der Waals surface area contributed by atoms with Gasteiger partial charge in [0.1, 0.15) is 17.7 Å². The van der Waals surface area contributed by atoms with E-state index in [-0.39, 0.29) is 0 Å². The molecule has 1 aromatic carbocycles. The molecule has 0 aliphatic carbocycles. The second-order valence-electron chi connectivity index (χ2n) is 6.60. The summed E-state index contributed by atoms with van der Waals surface area (Å²) in [4.78, 5) is 13.6. The predicted octanol–water partition coefficient (Wildman–Crippen LogP) is 3.62. The fourth-order valence-electron chi connectivity index (χ4n) is 3.01. The maximum atomic E-state index is 5.58. The topological polar surface area (TPSA) is 84.6 Å². The van der Waals surface area contributed by atoms with E-state index in [0.717, 1.165) is 40.4 Å². The zero-order valence-corrected chi connectivity index (χ0v) is 17.3. The number of rotatable bonds is 7. The second kappa shape index (κ2) is 9.73. The second-order valence-corrected chi connectivity index (χ2v) is 6.60. The standard InChI is InChI=1S/C22H27N5O2/c1-5-23-22(26-13-19-16(3)20(28-4)15(2)11-24-19)25-12-18-14-29-21(27-18)17-9-7-6-8-10-17/h6-11,14H,5,12-13H2,1-4H3,(H2,23,25,26). The van der Waals surface area contributed by atoms with Gasteiger partial charge in [-0.2, -0.15) is 0 Å². The third kappa shape index (κ3) is 5.13. The largest absolute Gasteiger partial charge is 0.496 e. The summed E-state index contributed by atoms with van der Waals surface area (Å²) >= 11 is 0. The van der Waals surface area contributed by atoms with Crippen LogP contribution in [-0.2, 0) is 13.1 Å². The average Bonchev–Trinajstić information content (AvgIpc) is 3.21. The van der Waals surface area contributed by atoms with Crippen LogP contribution in [0.1, 0.15) is 29.4 Å². The lowest BCUT2D eigenvalue weighted by atomic mass is 10.1. The molecule has 3 aromatic rings. The van der Waals surface area contributed by atoms with Gasteiger partial charge in [0.05, 0.1) is 25.9 Å². The maximum absolute atomic E-state index is 5.58. The summed E-state index contributed by atoms with van der Waals surface area (Å²) in [5, 5.41) is 6.56. The summed E-state index contributed by atoms with van der Waals surface area (Å²) in [7, 11) is 1.68. The smallest absolute Gasteiger partial charge is 0.226 e. The normalized spacial score (nSPS) is 11.4. The number of aryl methyl sites for hydroxylation is 1. The van der Waals surface area contributed by atoms with E-state index in [1.165, 1.54) is 0 Å². The van der Waals surface area contributed by atoms with Crippen LogP contribution < -0.4 is 15.4 Å². The summed E-state index contributed by atoms with van der Waals surface area (Å²) in [6.07, 6.45) is 3.47. The minimum atomic E-state index is 0.412. The molecule has 0 fully saturated rings. The van der Waals surface area contributed by atoms with Gasteiger partial charge in [0.15, 0.2) is 5.96 Å². The zero-order chi connectivity index (χ0) is 20.6. The van der Waals surface area contributed by atoms with Gasteiger partial charge in [0.2, 0.25) is 5.89 Å². The summed E-state index contributed by atoms with van der Waals surface area (Å²) in [5.74, 6) is 2.16. The van der Waals surface area contributed by atoms with Gasteiger partial charge in [-0.25, -0.2) is 9.98 Å². The monoisotopic (exact) mass is 393 g/mol. The Morgan fingerprint density at radius 1 is 1.17 bits per heavy atom. The molecule has 2 N–H and O–H groups in total. The van der Waals surface area contributed by atoms with Gasteiger partial charge < -0.3 is 19.8 Å². The van der Waals surface area contributed by atoms with Crippen molar-refractivity contribution < 1.29 is 9.15 Å². The number of guanidine groups is 1. The molecule has 0 spiro atoms. The van der Waals surface area contributed by atoms with Gasteiger partial charge in [0, 0.05) is 29.4 Å². The summed E-state index contributed by atoms with van der Waals surface area (Å²) < 4.78 is 11.1. The van der Waals surface area contributed by atoms with E-state index in [9.17, 15) is 0 Å². The highest BCUT2D eigenvalue weighted by Crippen LogP contribution is 2.23. The lowest BCUT2D eigenvalue weighted by molar-refractivity contribution is 0.406. The van der Waals surface area contributed by atoms with Gasteiger partial charge in [-0.05, 0) is 32.9 Å². The van der Waals surface area contributed by atoms with E-state index >= 15 is 0 Å². The van der Waals surface area contributed by atoms with Crippen LogP contribution >= 0.6 is 0 Å². The van der Waals surface area contributed by atoms with Crippen molar-refractivity contribution in [1.29, 1.82) is 0 Å². The molecule has 0 radical (unpaired) electrons. The number of aromatic nitrogens is 2. The van der Waals surface area contributed by atoms with Crippen molar-refractivity contribution in [2.45, 2.75) is 33.9 Å². The van der Waals surface area contributed by atoms with Gasteiger partial charge in [-0.1, -0.05) is 18.2 Å². The molecule has 7 heteroatoms. The van der Waals surface area contributed by atoms with Crippen LogP contribution in [0.3, 0.4) is 0 Å². The Bertz CT molecular complexity index is 967. The number of hydrogen-bond donors (Lipinski definition) is 2. The number of oxazole rings is 1. The first-order chi connectivity index (χ1) is 14.1.